The van der Waals surface area contributed by atoms with Crippen LogP contribution >= 0.6 is 0 Å². The molecule has 4 aliphatic carbocycles. The molecule has 0 N–H and O–H groups in total. The Balaban J connectivity index is 1.58. The van der Waals surface area contributed by atoms with E-state index >= 15 is 0 Å². The van der Waals surface area contributed by atoms with Gasteiger partial charge in [0.15, 0.2) is 5.79 Å². The van der Waals surface area contributed by atoms with E-state index in [1.165, 1.54) is 0 Å². The van der Waals surface area contributed by atoms with E-state index in [1.807, 2.05) is 0 Å². The summed E-state index contributed by atoms with van der Waals surface area (Å²) in [6.45, 7) is -2.73. The lowest BCUT2D eigenvalue weighted by Crippen LogP contribution is -2.65. The third-order valence-corrected chi connectivity index (χ3v) is 6.80. The van der Waals surface area contributed by atoms with Gasteiger partial charge >= 0.3 is 29.7 Å². The van der Waals surface area contributed by atoms with Crippen molar-refractivity contribution in [3.8, 4) is 0 Å². The fourth-order valence-corrected chi connectivity index (χ4v) is 5.59. The van der Waals surface area contributed by atoms with Crippen molar-refractivity contribution in [2.45, 2.75) is 62.6 Å². The highest BCUT2D eigenvalue weighted by Gasteiger charge is 2.70. The maximum Gasteiger partial charge on any atom is 0.384 e. The second kappa shape index (κ2) is 6.09. The van der Waals surface area contributed by atoms with E-state index in [2.05, 4.69) is 4.74 Å². The Labute approximate surface area is 162 Å². The number of rotatable bonds is 2. The quantitative estimate of drug-likeness (QED) is 0.381. The average Bonchev–Trinajstić information content (AvgIpc) is 2.67. The topological polar surface area (TPSA) is 61.8 Å². The van der Waals surface area contributed by atoms with Gasteiger partial charge in [0.1, 0.15) is 13.2 Å². The Morgan fingerprint density at radius 2 is 1.41 bits per heavy atom. The standard InChI is InChI=1S/C18H20F6O5/c1-14(19,20)12(25)29-13(26)15-4-9-2-10(5-15)18(11(3-9)6-15)27-7-16(21,22)17(23,24)8-28-18/h9-11H,2-8H2,1H3. The molecule has 0 aromatic rings. The first kappa shape index (κ1) is 20.9. The van der Waals surface area contributed by atoms with E-state index in [0.717, 1.165) is 0 Å². The fraction of sp³-hybridized carbons (Fsp3) is 0.889. The molecule has 4 bridgehead atoms. The van der Waals surface area contributed by atoms with Crippen LogP contribution in [0.3, 0.4) is 0 Å². The van der Waals surface area contributed by atoms with Crippen molar-refractivity contribution < 1.29 is 50.1 Å². The lowest BCUT2D eigenvalue weighted by Gasteiger charge is -2.62. The first-order valence-corrected chi connectivity index (χ1v) is 9.39. The van der Waals surface area contributed by atoms with Gasteiger partial charge in [-0.1, -0.05) is 0 Å². The Bertz CT molecular complexity index is 697. The number of alkyl halides is 6. The molecule has 2 atom stereocenters. The molecule has 5 fully saturated rings. The molecule has 1 heterocycles. The minimum atomic E-state index is -4.40. The zero-order chi connectivity index (χ0) is 21.5. The molecule has 1 aliphatic heterocycles. The summed E-state index contributed by atoms with van der Waals surface area (Å²) in [6, 6.07) is 0. The summed E-state index contributed by atoms with van der Waals surface area (Å²) in [5.41, 5.74) is -1.26. The van der Waals surface area contributed by atoms with E-state index < -0.39 is 66.0 Å². The molecule has 11 heteroatoms. The van der Waals surface area contributed by atoms with E-state index in [9.17, 15) is 35.9 Å². The summed E-state index contributed by atoms with van der Waals surface area (Å²) in [4.78, 5) is 24.0. The summed E-state index contributed by atoms with van der Waals surface area (Å²) in [6.07, 6.45) is 1.04. The van der Waals surface area contributed by atoms with Crippen LogP contribution in [0.5, 0.6) is 0 Å². The van der Waals surface area contributed by atoms with E-state index in [0.29, 0.717) is 26.2 Å². The van der Waals surface area contributed by atoms with Crippen molar-refractivity contribution in [3.63, 3.8) is 0 Å². The van der Waals surface area contributed by atoms with Crippen LogP contribution in [0.2, 0.25) is 0 Å². The first-order valence-electron chi connectivity index (χ1n) is 9.39. The minimum absolute atomic E-state index is 0.0292. The fourth-order valence-electron chi connectivity index (χ4n) is 5.59. The van der Waals surface area contributed by atoms with Crippen molar-refractivity contribution in [2.75, 3.05) is 13.2 Å². The maximum absolute atomic E-state index is 13.8. The van der Waals surface area contributed by atoms with Crippen LogP contribution in [0, 0.1) is 23.2 Å². The third-order valence-electron chi connectivity index (χ3n) is 6.80. The molecule has 0 radical (unpaired) electrons. The lowest BCUT2D eigenvalue weighted by atomic mass is 9.47. The van der Waals surface area contributed by atoms with Gasteiger partial charge in [-0.05, 0) is 38.0 Å². The third kappa shape index (κ3) is 3.07. The highest BCUT2D eigenvalue weighted by Crippen LogP contribution is 2.66. The monoisotopic (exact) mass is 430 g/mol. The summed E-state index contributed by atoms with van der Waals surface area (Å²) in [5, 5.41) is 0. The van der Waals surface area contributed by atoms with E-state index in [1.54, 1.807) is 0 Å². The molecular formula is C18H20F6O5. The molecule has 1 saturated heterocycles. The zero-order valence-corrected chi connectivity index (χ0v) is 15.5. The van der Waals surface area contributed by atoms with Gasteiger partial charge in [-0.25, -0.2) is 4.79 Å². The SMILES string of the molecule is CC(F)(F)C(=O)OC(=O)C12CC3CC(C1)C1(OCC(F)(F)C(F)(F)CO1)C(C3)C2. The number of hydrogen-bond donors (Lipinski definition) is 0. The molecule has 5 nitrogen and oxygen atoms in total. The number of carbonyl (C=O) groups is 2. The molecule has 0 aromatic heterocycles. The van der Waals surface area contributed by atoms with Gasteiger partial charge in [0.2, 0.25) is 0 Å². The summed E-state index contributed by atoms with van der Waals surface area (Å²) >= 11 is 0. The summed E-state index contributed by atoms with van der Waals surface area (Å²) < 4.78 is 96.3. The first-order chi connectivity index (χ1) is 13.2. The van der Waals surface area contributed by atoms with Gasteiger partial charge in [0.25, 0.3) is 0 Å². The van der Waals surface area contributed by atoms with Crippen LogP contribution in [0.15, 0.2) is 0 Å². The van der Waals surface area contributed by atoms with Crippen LogP contribution in [0.25, 0.3) is 0 Å². The van der Waals surface area contributed by atoms with Gasteiger partial charge in [-0.15, -0.1) is 0 Å². The van der Waals surface area contributed by atoms with Crippen molar-refractivity contribution in [2.24, 2.45) is 23.2 Å². The minimum Gasteiger partial charge on any atom is -0.388 e. The Morgan fingerprint density at radius 1 is 0.931 bits per heavy atom. The van der Waals surface area contributed by atoms with Gasteiger partial charge in [-0.2, -0.15) is 26.3 Å². The van der Waals surface area contributed by atoms with Gasteiger partial charge in [-0.3, -0.25) is 4.79 Å². The number of hydrogen-bond acceptors (Lipinski definition) is 5. The largest absolute Gasteiger partial charge is 0.388 e. The molecular weight excluding hydrogens is 410 g/mol. The second-order valence-corrected chi connectivity index (χ2v) is 8.90. The van der Waals surface area contributed by atoms with Crippen LogP contribution in [-0.4, -0.2) is 48.7 Å². The van der Waals surface area contributed by atoms with E-state index in [-0.39, 0.29) is 18.8 Å². The molecule has 0 amide bonds. The molecule has 5 rings (SSSR count). The van der Waals surface area contributed by atoms with Gasteiger partial charge in [0, 0.05) is 18.8 Å². The molecule has 5 aliphatic rings. The normalized spacial score (nSPS) is 39.2. The van der Waals surface area contributed by atoms with Gasteiger partial charge < -0.3 is 14.2 Å². The average molecular weight is 430 g/mol. The Kier molecular flexibility index (Phi) is 4.39. The number of ether oxygens (including phenoxy) is 3. The summed E-state index contributed by atoms with van der Waals surface area (Å²) in [5.74, 6) is -18.8. The smallest absolute Gasteiger partial charge is 0.384 e. The molecule has 2 unspecified atom stereocenters. The van der Waals surface area contributed by atoms with Gasteiger partial charge in [0.05, 0.1) is 5.41 Å². The Hall–Kier alpha value is -1.36. The number of esters is 2. The molecule has 164 valence electrons. The molecule has 0 aromatic carbocycles. The predicted molar refractivity (Wildman–Crippen MR) is 82.2 cm³/mol. The van der Waals surface area contributed by atoms with Crippen molar-refractivity contribution in [1.82, 2.24) is 0 Å². The van der Waals surface area contributed by atoms with Crippen molar-refractivity contribution >= 4 is 11.9 Å². The predicted octanol–water partition coefficient (Wildman–Crippen LogP) is 3.55. The molecule has 1 spiro atoms. The number of halogens is 6. The lowest BCUT2D eigenvalue weighted by molar-refractivity contribution is -0.345. The Morgan fingerprint density at radius 3 is 1.86 bits per heavy atom. The van der Waals surface area contributed by atoms with Crippen molar-refractivity contribution in [1.29, 1.82) is 0 Å². The molecule has 4 saturated carbocycles. The van der Waals surface area contributed by atoms with Crippen LogP contribution in [0.1, 0.15) is 39.0 Å². The highest BCUT2D eigenvalue weighted by atomic mass is 19.3. The van der Waals surface area contributed by atoms with E-state index in [4.69, 9.17) is 9.47 Å². The highest BCUT2D eigenvalue weighted by molar-refractivity contribution is 5.92. The van der Waals surface area contributed by atoms with Crippen molar-refractivity contribution in [3.05, 3.63) is 0 Å². The molecule has 29 heavy (non-hydrogen) atoms. The zero-order valence-electron chi connectivity index (χ0n) is 15.5. The van der Waals surface area contributed by atoms with Crippen LogP contribution in [-0.2, 0) is 23.8 Å². The maximum atomic E-state index is 13.8. The number of carbonyl (C=O) groups excluding carboxylic acids is 2. The summed E-state index contributed by atoms with van der Waals surface area (Å²) in [7, 11) is 0. The van der Waals surface area contributed by atoms with Crippen LogP contribution in [0.4, 0.5) is 26.3 Å². The second-order valence-electron chi connectivity index (χ2n) is 8.90. The van der Waals surface area contributed by atoms with Crippen LogP contribution < -0.4 is 0 Å².